The highest BCUT2D eigenvalue weighted by atomic mass is 16.5. The summed E-state index contributed by atoms with van der Waals surface area (Å²) in [5, 5.41) is 12.7. The minimum absolute atomic E-state index is 0.0277. The Balaban J connectivity index is 2.12. The van der Waals surface area contributed by atoms with Crippen molar-refractivity contribution in [2.75, 3.05) is 11.1 Å². The van der Waals surface area contributed by atoms with Gasteiger partial charge in [-0.3, -0.25) is 0 Å². The van der Waals surface area contributed by atoms with Crippen LogP contribution < -0.4 is 15.8 Å². The van der Waals surface area contributed by atoms with E-state index in [0.29, 0.717) is 11.4 Å². The lowest BCUT2D eigenvalue weighted by atomic mass is 10.2. The second kappa shape index (κ2) is 3.06. The van der Waals surface area contributed by atoms with Crippen molar-refractivity contribution in [1.29, 1.82) is 0 Å². The molecule has 0 saturated carbocycles. The van der Waals surface area contributed by atoms with E-state index in [2.05, 4.69) is 5.32 Å². The van der Waals surface area contributed by atoms with E-state index in [9.17, 15) is 5.11 Å². The fourth-order valence-corrected chi connectivity index (χ4v) is 1.69. The van der Waals surface area contributed by atoms with E-state index < -0.39 is 0 Å². The zero-order valence-corrected chi connectivity index (χ0v) is 8.40. The first kappa shape index (κ1) is 8.91. The summed E-state index contributed by atoms with van der Waals surface area (Å²) in [4.78, 5) is 0. The molecule has 0 atom stereocenters. The number of hydrogen-bond acceptors (Lipinski definition) is 4. The summed E-state index contributed by atoms with van der Waals surface area (Å²) in [6.07, 6.45) is 0. The smallest absolute Gasteiger partial charge is 0.154 e. The van der Waals surface area contributed by atoms with Crippen LogP contribution in [0.5, 0.6) is 17.2 Å². The van der Waals surface area contributed by atoms with Gasteiger partial charge in [-0.2, -0.15) is 0 Å². The fourth-order valence-electron chi connectivity index (χ4n) is 1.69. The lowest BCUT2D eigenvalue weighted by Gasteiger charge is -2.22. The summed E-state index contributed by atoms with van der Waals surface area (Å²) in [5.41, 5.74) is 7.59. The summed E-state index contributed by atoms with van der Waals surface area (Å²) < 4.78 is 5.64. The maximum absolute atomic E-state index is 9.49. The molecule has 0 bridgehead atoms. The number of aromatic hydroxyl groups is 1. The maximum Gasteiger partial charge on any atom is 0.154 e. The average Bonchev–Trinajstić information content (AvgIpc) is 2.28. The predicted molar refractivity (Wildman–Crippen MR) is 62.3 cm³/mol. The molecule has 0 aliphatic carbocycles. The van der Waals surface area contributed by atoms with Gasteiger partial charge in [-0.1, -0.05) is 12.1 Å². The molecule has 0 unspecified atom stereocenters. The standard InChI is InChI=1S/C12H10N2O2/c13-7-5-9-12(6-10(7)15)16-11-4-2-1-3-8(11)14-9/h1-6,14-15H,13H2. The molecule has 1 heterocycles. The van der Waals surface area contributed by atoms with Crippen LogP contribution in [0, 0.1) is 0 Å². The summed E-state index contributed by atoms with van der Waals surface area (Å²) >= 11 is 0. The first-order chi connectivity index (χ1) is 7.74. The van der Waals surface area contributed by atoms with Crippen LogP contribution in [-0.2, 0) is 0 Å². The van der Waals surface area contributed by atoms with Crippen molar-refractivity contribution in [3.8, 4) is 17.2 Å². The van der Waals surface area contributed by atoms with Crippen molar-refractivity contribution in [1.82, 2.24) is 0 Å². The molecule has 0 radical (unpaired) electrons. The first-order valence-electron chi connectivity index (χ1n) is 4.90. The van der Waals surface area contributed by atoms with E-state index in [1.165, 1.54) is 6.07 Å². The van der Waals surface area contributed by atoms with Gasteiger partial charge in [-0.05, 0) is 18.2 Å². The number of phenols is 1. The number of nitrogens with two attached hydrogens (primary N) is 1. The van der Waals surface area contributed by atoms with Gasteiger partial charge in [0.2, 0.25) is 0 Å². The average molecular weight is 214 g/mol. The van der Waals surface area contributed by atoms with E-state index in [-0.39, 0.29) is 5.75 Å². The van der Waals surface area contributed by atoms with E-state index in [1.807, 2.05) is 24.3 Å². The molecule has 0 saturated heterocycles. The maximum atomic E-state index is 9.49. The van der Waals surface area contributed by atoms with Crippen molar-refractivity contribution in [2.45, 2.75) is 0 Å². The minimum Gasteiger partial charge on any atom is -0.506 e. The van der Waals surface area contributed by atoms with Crippen molar-refractivity contribution >= 4 is 17.1 Å². The topological polar surface area (TPSA) is 67.5 Å². The number of hydrogen-bond donors (Lipinski definition) is 3. The van der Waals surface area contributed by atoms with E-state index in [1.54, 1.807) is 6.07 Å². The number of phenolic OH excluding ortho intramolecular Hbond substituents is 1. The molecule has 4 heteroatoms. The lowest BCUT2D eigenvalue weighted by Crippen LogP contribution is -2.03. The minimum atomic E-state index is 0.0277. The number of ether oxygens (including phenoxy) is 1. The molecule has 16 heavy (non-hydrogen) atoms. The zero-order valence-electron chi connectivity index (χ0n) is 8.40. The normalized spacial score (nSPS) is 12.0. The fraction of sp³-hybridized carbons (Fsp3) is 0. The van der Waals surface area contributed by atoms with Crippen LogP contribution in [0.4, 0.5) is 17.1 Å². The Morgan fingerprint density at radius 2 is 1.88 bits per heavy atom. The molecular weight excluding hydrogens is 204 g/mol. The Morgan fingerprint density at radius 1 is 1.06 bits per heavy atom. The second-order valence-corrected chi connectivity index (χ2v) is 3.63. The molecule has 2 aromatic carbocycles. The first-order valence-corrected chi connectivity index (χ1v) is 4.90. The van der Waals surface area contributed by atoms with Crippen LogP contribution in [0.3, 0.4) is 0 Å². The van der Waals surface area contributed by atoms with Crippen molar-refractivity contribution in [2.24, 2.45) is 0 Å². The molecule has 3 rings (SSSR count). The number of anilines is 3. The van der Waals surface area contributed by atoms with Gasteiger partial charge in [-0.25, -0.2) is 0 Å². The Hall–Kier alpha value is -2.36. The Kier molecular flexibility index (Phi) is 1.71. The van der Waals surface area contributed by atoms with Gasteiger partial charge in [0.1, 0.15) is 5.75 Å². The van der Waals surface area contributed by atoms with Gasteiger partial charge in [-0.15, -0.1) is 0 Å². The second-order valence-electron chi connectivity index (χ2n) is 3.63. The van der Waals surface area contributed by atoms with Crippen LogP contribution in [0.15, 0.2) is 36.4 Å². The highest BCUT2D eigenvalue weighted by Gasteiger charge is 2.17. The van der Waals surface area contributed by atoms with Crippen molar-refractivity contribution < 1.29 is 9.84 Å². The number of rotatable bonds is 0. The largest absolute Gasteiger partial charge is 0.506 e. The summed E-state index contributed by atoms with van der Waals surface area (Å²) in [6.45, 7) is 0. The highest BCUT2D eigenvalue weighted by molar-refractivity contribution is 5.79. The number of fused-ring (bicyclic) bond motifs is 2. The summed E-state index contributed by atoms with van der Waals surface area (Å²) in [5.74, 6) is 1.34. The Labute approximate surface area is 92.3 Å². The number of para-hydroxylation sites is 2. The van der Waals surface area contributed by atoms with Gasteiger partial charge in [0.25, 0.3) is 0 Å². The molecule has 4 nitrogen and oxygen atoms in total. The van der Waals surface area contributed by atoms with Crippen molar-refractivity contribution in [3.05, 3.63) is 36.4 Å². The molecule has 1 aliphatic heterocycles. The van der Waals surface area contributed by atoms with Gasteiger partial charge >= 0.3 is 0 Å². The molecule has 0 fully saturated rings. The van der Waals surface area contributed by atoms with Crippen molar-refractivity contribution in [3.63, 3.8) is 0 Å². The molecule has 0 amide bonds. The van der Waals surface area contributed by atoms with Crippen LogP contribution in [-0.4, -0.2) is 5.11 Å². The molecular formula is C12H10N2O2. The molecule has 2 aromatic rings. The molecule has 0 spiro atoms. The third-order valence-electron chi connectivity index (χ3n) is 2.51. The van der Waals surface area contributed by atoms with E-state index >= 15 is 0 Å². The predicted octanol–water partition coefficient (Wildman–Crippen LogP) is 2.82. The zero-order chi connectivity index (χ0) is 11.1. The molecule has 0 aromatic heterocycles. The van der Waals surface area contributed by atoms with Gasteiger partial charge in [0, 0.05) is 6.07 Å². The molecule has 4 N–H and O–H groups in total. The molecule has 80 valence electrons. The van der Waals surface area contributed by atoms with E-state index in [4.69, 9.17) is 10.5 Å². The Morgan fingerprint density at radius 3 is 2.75 bits per heavy atom. The van der Waals surface area contributed by atoms with E-state index in [0.717, 1.165) is 17.1 Å². The van der Waals surface area contributed by atoms with Gasteiger partial charge < -0.3 is 20.9 Å². The Bertz CT molecular complexity index is 517. The third kappa shape index (κ3) is 1.24. The van der Waals surface area contributed by atoms with Crippen LogP contribution in [0.25, 0.3) is 0 Å². The summed E-state index contributed by atoms with van der Waals surface area (Å²) in [6, 6.07) is 10.8. The number of nitrogens with one attached hydrogen (secondary N) is 1. The third-order valence-corrected chi connectivity index (χ3v) is 2.51. The highest BCUT2D eigenvalue weighted by Crippen LogP contribution is 2.44. The SMILES string of the molecule is Nc1cc2c(cc1O)Oc1ccccc1N2. The number of nitrogen functional groups attached to an aromatic ring is 1. The van der Waals surface area contributed by atoms with Crippen LogP contribution in [0.2, 0.25) is 0 Å². The van der Waals surface area contributed by atoms with Gasteiger partial charge in [0.15, 0.2) is 11.5 Å². The molecule has 1 aliphatic rings. The van der Waals surface area contributed by atoms with Crippen LogP contribution in [0.1, 0.15) is 0 Å². The number of benzene rings is 2. The quantitative estimate of drug-likeness (QED) is 0.306. The summed E-state index contributed by atoms with van der Waals surface area (Å²) in [7, 11) is 0. The lowest BCUT2D eigenvalue weighted by molar-refractivity contribution is 0.456. The monoisotopic (exact) mass is 214 g/mol. The van der Waals surface area contributed by atoms with Crippen LogP contribution >= 0.6 is 0 Å². The van der Waals surface area contributed by atoms with Gasteiger partial charge in [0.05, 0.1) is 17.1 Å².